The minimum atomic E-state index is 0.231. The van der Waals surface area contributed by atoms with E-state index in [0.29, 0.717) is 6.54 Å². The van der Waals surface area contributed by atoms with Gasteiger partial charge in [-0.15, -0.1) is 11.8 Å². The molecule has 0 spiro atoms. The molecule has 2 N–H and O–H groups in total. The number of hydrogen-bond donors (Lipinski definition) is 1. The number of benzene rings is 2. The van der Waals surface area contributed by atoms with E-state index in [4.69, 9.17) is 28.9 Å². The third-order valence-corrected chi connectivity index (χ3v) is 4.78. The van der Waals surface area contributed by atoms with Crippen LogP contribution in [0.4, 0.5) is 0 Å². The molecule has 0 saturated heterocycles. The molecule has 1 atom stereocenters. The summed E-state index contributed by atoms with van der Waals surface area (Å²) < 4.78 is 0. The van der Waals surface area contributed by atoms with Crippen molar-refractivity contribution in [2.45, 2.75) is 11.0 Å². The Morgan fingerprint density at radius 3 is 2.53 bits per heavy atom. The van der Waals surface area contributed by atoms with Crippen molar-refractivity contribution >= 4 is 35.0 Å². The molecule has 100 valence electrons. The lowest BCUT2D eigenvalue weighted by Gasteiger charge is -2.15. The summed E-state index contributed by atoms with van der Waals surface area (Å²) in [7, 11) is 0. The molecule has 2 aromatic carbocycles. The molecule has 4 heteroatoms. The third-order valence-electron chi connectivity index (χ3n) is 2.83. The van der Waals surface area contributed by atoms with Gasteiger partial charge in [-0.2, -0.15) is 0 Å². The summed E-state index contributed by atoms with van der Waals surface area (Å²) in [6.07, 6.45) is 0. The predicted molar refractivity (Wildman–Crippen MR) is 86.0 cm³/mol. The fourth-order valence-electron chi connectivity index (χ4n) is 1.81. The molecule has 1 nitrogen and oxygen atoms in total. The molecule has 0 fully saturated rings. The topological polar surface area (TPSA) is 26.0 Å². The highest BCUT2D eigenvalue weighted by molar-refractivity contribution is 7.98. The van der Waals surface area contributed by atoms with Gasteiger partial charge in [-0.05, 0) is 29.3 Å². The second-order valence-corrected chi connectivity index (χ2v) is 6.22. The zero-order valence-corrected chi connectivity index (χ0v) is 12.7. The van der Waals surface area contributed by atoms with Gasteiger partial charge in [0, 0.05) is 27.6 Å². The van der Waals surface area contributed by atoms with Crippen molar-refractivity contribution in [1.29, 1.82) is 0 Å². The third kappa shape index (κ3) is 4.15. The molecule has 1 unspecified atom stereocenters. The summed E-state index contributed by atoms with van der Waals surface area (Å²) in [6.45, 7) is 0.579. The molecule has 0 saturated carbocycles. The van der Waals surface area contributed by atoms with Crippen molar-refractivity contribution in [3.8, 4) is 0 Å². The van der Waals surface area contributed by atoms with Gasteiger partial charge >= 0.3 is 0 Å². The van der Waals surface area contributed by atoms with E-state index in [1.807, 2.05) is 42.5 Å². The predicted octanol–water partition coefficient (Wildman–Crippen LogP) is 4.93. The van der Waals surface area contributed by atoms with Gasteiger partial charge in [-0.25, -0.2) is 0 Å². The van der Waals surface area contributed by atoms with Gasteiger partial charge in [0.25, 0.3) is 0 Å². The monoisotopic (exact) mass is 311 g/mol. The van der Waals surface area contributed by atoms with Crippen molar-refractivity contribution in [3.05, 3.63) is 69.7 Å². The Kier molecular flexibility index (Phi) is 5.59. The Balaban J connectivity index is 2.06. The van der Waals surface area contributed by atoms with E-state index in [1.54, 1.807) is 11.8 Å². The Hall–Kier alpha value is -0.670. The summed E-state index contributed by atoms with van der Waals surface area (Å²) >= 11 is 14.0. The first kappa shape index (κ1) is 14.7. The van der Waals surface area contributed by atoms with Crippen LogP contribution < -0.4 is 5.73 Å². The van der Waals surface area contributed by atoms with Crippen LogP contribution in [-0.4, -0.2) is 6.54 Å². The van der Waals surface area contributed by atoms with E-state index in [-0.39, 0.29) is 5.25 Å². The molecule has 0 aliphatic rings. The smallest absolute Gasteiger partial charge is 0.0446 e. The lowest BCUT2D eigenvalue weighted by molar-refractivity contribution is 0.940. The maximum Gasteiger partial charge on any atom is 0.0446 e. The molecule has 2 aromatic rings. The van der Waals surface area contributed by atoms with E-state index in [9.17, 15) is 0 Å². The average molecular weight is 312 g/mol. The summed E-state index contributed by atoms with van der Waals surface area (Å²) in [5.41, 5.74) is 8.15. The molecule has 19 heavy (non-hydrogen) atoms. The summed E-state index contributed by atoms with van der Waals surface area (Å²) in [5.74, 6) is 0.841. The van der Waals surface area contributed by atoms with Crippen molar-refractivity contribution in [1.82, 2.24) is 0 Å². The molecule has 0 radical (unpaired) electrons. The summed E-state index contributed by atoms with van der Waals surface area (Å²) in [6, 6.07) is 15.7. The highest BCUT2D eigenvalue weighted by atomic mass is 35.5. The van der Waals surface area contributed by atoms with E-state index in [2.05, 4.69) is 6.07 Å². The lowest BCUT2D eigenvalue weighted by atomic mass is 10.1. The van der Waals surface area contributed by atoms with E-state index >= 15 is 0 Å². The van der Waals surface area contributed by atoms with Crippen LogP contribution in [0.5, 0.6) is 0 Å². The zero-order chi connectivity index (χ0) is 13.7. The fourth-order valence-corrected chi connectivity index (χ4v) is 3.40. The van der Waals surface area contributed by atoms with Gasteiger partial charge in [-0.1, -0.05) is 53.5 Å². The number of hydrogen-bond acceptors (Lipinski definition) is 2. The minimum absolute atomic E-state index is 0.231. The number of halogens is 2. The first-order valence-corrected chi connectivity index (χ1v) is 7.81. The molecule has 0 aliphatic heterocycles. The highest BCUT2D eigenvalue weighted by Crippen LogP contribution is 2.33. The van der Waals surface area contributed by atoms with Crippen molar-refractivity contribution in [3.63, 3.8) is 0 Å². The van der Waals surface area contributed by atoms with E-state index < -0.39 is 0 Å². The molecule has 2 rings (SSSR count). The standard InChI is InChI=1S/C15H15Cl2NS/c16-13-6-3-5-11(8-13)15(9-18)19-10-12-4-1-2-7-14(12)17/h1-8,15H,9-10,18H2. The summed E-state index contributed by atoms with van der Waals surface area (Å²) in [5, 5.41) is 1.78. The Morgan fingerprint density at radius 2 is 1.84 bits per heavy atom. The SMILES string of the molecule is NCC(SCc1ccccc1Cl)c1cccc(Cl)c1. The Morgan fingerprint density at radius 1 is 1.05 bits per heavy atom. The van der Waals surface area contributed by atoms with Crippen LogP contribution in [0.25, 0.3) is 0 Å². The first-order valence-electron chi connectivity index (χ1n) is 6.01. The fraction of sp³-hybridized carbons (Fsp3) is 0.200. The molecular weight excluding hydrogens is 297 g/mol. The normalized spacial score (nSPS) is 12.4. The van der Waals surface area contributed by atoms with Crippen LogP contribution in [-0.2, 0) is 5.75 Å². The van der Waals surface area contributed by atoms with Crippen LogP contribution in [0.3, 0.4) is 0 Å². The molecule has 0 aromatic heterocycles. The Bertz CT molecular complexity index is 545. The maximum atomic E-state index is 6.16. The van der Waals surface area contributed by atoms with Gasteiger partial charge in [-0.3, -0.25) is 0 Å². The van der Waals surface area contributed by atoms with Crippen molar-refractivity contribution in [2.75, 3.05) is 6.54 Å². The molecule has 0 aliphatic carbocycles. The van der Waals surface area contributed by atoms with Crippen LogP contribution >= 0.6 is 35.0 Å². The largest absolute Gasteiger partial charge is 0.329 e. The number of rotatable bonds is 5. The number of thioether (sulfide) groups is 1. The zero-order valence-electron chi connectivity index (χ0n) is 10.4. The molecule has 0 amide bonds. The number of nitrogens with two attached hydrogens (primary N) is 1. The maximum absolute atomic E-state index is 6.16. The average Bonchev–Trinajstić information content (AvgIpc) is 2.41. The molecule has 0 heterocycles. The molecular formula is C15H15Cl2NS. The van der Waals surface area contributed by atoms with Gasteiger partial charge in [0.05, 0.1) is 0 Å². The van der Waals surface area contributed by atoms with E-state index in [0.717, 1.165) is 26.9 Å². The van der Waals surface area contributed by atoms with Gasteiger partial charge in [0.1, 0.15) is 0 Å². The quantitative estimate of drug-likeness (QED) is 0.847. The van der Waals surface area contributed by atoms with Crippen LogP contribution in [0.1, 0.15) is 16.4 Å². The van der Waals surface area contributed by atoms with Gasteiger partial charge < -0.3 is 5.73 Å². The van der Waals surface area contributed by atoms with Crippen molar-refractivity contribution < 1.29 is 0 Å². The van der Waals surface area contributed by atoms with Crippen LogP contribution in [0, 0.1) is 0 Å². The highest BCUT2D eigenvalue weighted by Gasteiger charge is 2.11. The first-order chi connectivity index (χ1) is 9.20. The lowest BCUT2D eigenvalue weighted by Crippen LogP contribution is -2.09. The summed E-state index contributed by atoms with van der Waals surface area (Å²) in [4.78, 5) is 0. The van der Waals surface area contributed by atoms with Gasteiger partial charge in [0.2, 0.25) is 0 Å². The van der Waals surface area contributed by atoms with Crippen LogP contribution in [0.2, 0.25) is 10.0 Å². The van der Waals surface area contributed by atoms with Gasteiger partial charge in [0.15, 0.2) is 0 Å². The second kappa shape index (κ2) is 7.20. The minimum Gasteiger partial charge on any atom is -0.329 e. The molecule has 0 bridgehead atoms. The Labute approximate surface area is 128 Å². The second-order valence-electron chi connectivity index (χ2n) is 4.18. The van der Waals surface area contributed by atoms with E-state index in [1.165, 1.54) is 0 Å². The van der Waals surface area contributed by atoms with Crippen molar-refractivity contribution in [2.24, 2.45) is 5.73 Å². The van der Waals surface area contributed by atoms with Crippen LogP contribution in [0.15, 0.2) is 48.5 Å².